The van der Waals surface area contributed by atoms with Gasteiger partial charge in [-0.05, 0) is 99.8 Å². The maximum atomic E-state index is 6.48. The molecule has 1 aliphatic rings. The Hall–Kier alpha value is -7.56. The summed E-state index contributed by atoms with van der Waals surface area (Å²) < 4.78 is 15.2. The van der Waals surface area contributed by atoms with Gasteiger partial charge in [-0.3, -0.25) is 0 Å². The molecule has 0 aliphatic carbocycles. The van der Waals surface area contributed by atoms with E-state index in [0.717, 1.165) is 67.3 Å². The molecule has 4 nitrogen and oxygen atoms in total. The predicted octanol–water partition coefficient (Wildman–Crippen LogP) is 14.7. The van der Waals surface area contributed by atoms with Gasteiger partial charge in [-0.25, -0.2) is 0 Å². The standard InChI is InChI=1S/C52H32N2O2/c1-2-10-38(11-3-1)53(40-27-29-44-50(32-40)56-48-30-24-36-9-4-5-12-41(36)51(44)48)39-25-21-34(22-26-39)33-17-19-35(20-18-33)37-23-28-42-43-13-8-16-49-52(43)54(46(42)31-37)45-14-6-7-15-47(45)55-49/h1-32H. The van der Waals surface area contributed by atoms with E-state index in [9.17, 15) is 0 Å². The molecule has 0 saturated heterocycles. The van der Waals surface area contributed by atoms with E-state index in [-0.39, 0.29) is 0 Å². The van der Waals surface area contributed by atoms with E-state index >= 15 is 0 Å². The van der Waals surface area contributed by atoms with Crippen molar-refractivity contribution in [2.24, 2.45) is 0 Å². The smallest absolute Gasteiger partial charge is 0.152 e. The fourth-order valence-electron chi connectivity index (χ4n) is 8.75. The van der Waals surface area contributed by atoms with Crippen molar-refractivity contribution in [1.29, 1.82) is 0 Å². The zero-order valence-electron chi connectivity index (χ0n) is 30.2. The number of hydrogen-bond acceptors (Lipinski definition) is 3. The van der Waals surface area contributed by atoms with Gasteiger partial charge in [0.2, 0.25) is 0 Å². The molecule has 0 spiro atoms. The predicted molar refractivity (Wildman–Crippen MR) is 231 cm³/mol. The zero-order chi connectivity index (χ0) is 36.7. The third kappa shape index (κ3) is 4.66. The molecule has 0 saturated carbocycles. The Kier molecular flexibility index (Phi) is 6.60. The molecule has 9 aromatic carbocycles. The topological polar surface area (TPSA) is 30.5 Å². The van der Waals surface area contributed by atoms with E-state index in [1.165, 1.54) is 43.8 Å². The number of para-hydroxylation sites is 4. The molecule has 0 atom stereocenters. The lowest BCUT2D eigenvalue weighted by atomic mass is 9.99. The third-order valence-corrected chi connectivity index (χ3v) is 11.4. The number of hydrogen-bond donors (Lipinski definition) is 0. The zero-order valence-corrected chi connectivity index (χ0v) is 30.2. The number of ether oxygens (including phenoxy) is 1. The molecule has 4 heteroatoms. The van der Waals surface area contributed by atoms with Gasteiger partial charge in [-0.2, -0.15) is 0 Å². The first-order valence-corrected chi connectivity index (χ1v) is 19.0. The normalized spacial score (nSPS) is 12.1. The molecule has 1 aliphatic heterocycles. The summed E-state index contributed by atoms with van der Waals surface area (Å²) in [6, 6.07) is 69.0. The summed E-state index contributed by atoms with van der Waals surface area (Å²) in [5.41, 5.74) is 13.0. The Balaban J connectivity index is 0.890. The number of aromatic nitrogens is 1. The summed E-state index contributed by atoms with van der Waals surface area (Å²) >= 11 is 0. The van der Waals surface area contributed by atoms with E-state index in [4.69, 9.17) is 9.15 Å². The molecule has 3 heterocycles. The Morgan fingerprint density at radius 3 is 1.89 bits per heavy atom. The first-order chi connectivity index (χ1) is 27.7. The summed E-state index contributed by atoms with van der Waals surface area (Å²) in [6.45, 7) is 0. The molecule has 56 heavy (non-hydrogen) atoms. The minimum Gasteiger partial charge on any atom is -0.456 e. The van der Waals surface area contributed by atoms with Crippen LogP contribution in [0.1, 0.15) is 0 Å². The number of benzene rings is 9. The molecule has 0 N–H and O–H groups in total. The average molecular weight is 717 g/mol. The number of nitrogens with zero attached hydrogens (tertiary/aromatic N) is 2. The van der Waals surface area contributed by atoms with Crippen LogP contribution in [-0.4, -0.2) is 4.57 Å². The summed E-state index contributed by atoms with van der Waals surface area (Å²) in [5.74, 6) is 1.76. The van der Waals surface area contributed by atoms with E-state index in [1.807, 2.05) is 12.1 Å². The van der Waals surface area contributed by atoms with Crippen molar-refractivity contribution < 1.29 is 9.15 Å². The van der Waals surface area contributed by atoms with Gasteiger partial charge in [0.1, 0.15) is 11.2 Å². The van der Waals surface area contributed by atoms with Gasteiger partial charge in [0, 0.05) is 44.7 Å². The van der Waals surface area contributed by atoms with E-state index in [1.54, 1.807) is 0 Å². The first-order valence-electron chi connectivity index (χ1n) is 19.0. The highest BCUT2D eigenvalue weighted by molar-refractivity contribution is 6.19. The first kappa shape index (κ1) is 30.9. The van der Waals surface area contributed by atoms with Crippen LogP contribution in [-0.2, 0) is 0 Å². The van der Waals surface area contributed by atoms with Crippen LogP contribution < -0.4 is 9.64 Å². The van der Waals surface area contributed by atoms with Crippen molar-refractivity contribution in [2.45, 2.75) is 0 Å². The molecule has 0 amide bonds. The van der Waals surface area contributed by atoms with Crippen LogP contribution in [0.5, 0.6) is 11.5 Å². The van der Waals surface area contributed by atoms with Gasteiger partial charge in [-0.15, -0.1) is 0 Å². The van der Waals surface area contributed by atoms with Crippen molar-refractivity contribution in [3.8, 4) is 39.4 Å². The Morgan fingerprint density at radius 1 is 0.393 bits per heavy atom. The number of fused-ring (bicyclic) bond motifs is 10. The highest BCUT2D eigenvalue weighted by atomic mass is 16.5. The molecular weight excluding hydrogens is 685 g/mol. The molecule has 0 unspecified atom stereocenters. The van der Waals surface area contributed by atoms with Crippen molar-refractivity contribution in [1.82, 2.24) is 4.57 Å². The van der Waals surface area contributed by atoms with Crippen LogP contribution in [0.25, 0.3) is 82.5 Å². The minimum atomic E-state index is 0.874. The molecule has 0 fully saturated rings. The molecule has 11 aromatic rings. The Morgan fingerprint density at radius 2 is 1.04 bits per heavy atom. The summed E-state index contributed by atoms with van der Waals surface area (Å²) in [6.07, 6.45) is 0. The molecule has 12 rings (SSSR count). The molecule has 262 valence electrons. The highest BCUT2D eigenvalue weighted by Crippen LogP contribution is 2.46. The molecule has 0 bridgehead atoms. The van der Waals surface area contributed by atoms with Crippen LogP contribution in [0.3, 0.4) is 0 Å². The van der Waals surface area contributed by atoms with Crippen molar-refractivity contribution in [3.63, 3.8) is 0 Å². The van der Waals surface area contributed by atoms with E-state index < -0.39 is 0 Å². The maximum Gasteiger partial charge on any atom is 0.152 e. The highest BCUT2D eigenvalue weighted by Gasteiger charge is 2.24. The van der Waals surface area contributed by atoms with Crippen LogP contribution >= 0.6 is 0 Å². The average Bonchev–Trinajstić information content (AvgIpc) is 3.81. The maximum absolute atomic E-state index is 6.48. The minimum absolute atomic E-state index is 0.874. The Bertz CT molecular complexity index is 3320. The molecule has 2 aromatic heterocycles. The second-order valence-corrected chi connectivity index (χ2v) is 14.5. The van der Waals surface area contributed by atoms with Gasteiger partial charge in [0.25, 0.3) is 0 Å². The van der Waals surface area contributed by atoms with Gasteiger partial charge in [0.05, 0.1) is 16.7 Å². The quantitative estimate of drug-likeness (QED) is 0.178. The van der Waals surface area contributed by atoms with Gasteiger partial charge < -0.3 is 18.6 Å². The molecule has 0 radical (unpaired) electrons. The largest absolute Gasteiger partial charge is 0.456 e. The lowest BCUT2D eigenvalue weighted by molar-refractivity contribution is 0.476. The lowest BCUT2D eigenvalue weighted by Crippen LogP contribution is -2.09. The van der Waals surface area contributed by atoms with Crippen molar-refractivity contribution >= 4 is 71.6 Å². The van der Waals surface area contributed by atoms with E-state index in [2.05, 4.69) is 191 Å². The van der Waals surface area contributed by atoms with Crippen LogP contribution in [0.4, 0.5) is 17.1 Å². The number of furan rings is 1. The SMILES string of the molecule is c1ccc(N(c2ccc(-c3ccc(-c4ccc5c6cccc7c6n(c5c4)-c4ccccc4O7)cc3)cc2)c2ccc3c(c2)oc2ccc4ccccc4c23)cc1. The fraction of sp³-hybridized carbons (Fsp3) is 0. The van der Waals surface area contributed by atoms with Crippen LogP contribution in [0, 0.1) is 0 Å². The lowest BCUT2D eigenvalue weighted by Gasteiger charge is -2.25. The van der Waals surface area contributed by atoms with Gasteiger partial charge in [-0.1, -0.05) is 121 Å². The fourth-order valence-corrected chi connectivity index (χ4v) is 8.75. The van der Waals surface area contributed by atoms with Crippen LogP contribution in [0.15, 0.2) is 199 Å². The van der Waals surface area contributed by atoms with Gasteiger partial charge in [0.15, 0.2) is 11.5 Å². The molecular formula is C52H32N2O2. The summed E-state index contributed by atoms with van der Waals surface area (Å²) in [4.78, 5) is 2.29. The summed E-state index contributed by atoms with van der Waals surface area (Å²) in [7, 11) is 0. The van der Waals surface area contributed by atoms with Crippen LogP contribution in [0.2, 0.25) is 0 Å². The van der Waals surface area contributed by atoms with Crippen molar-refractivity contribution in [2.75, 3.05) is 4.90 Å². The second kappa shape index (κ2) is 12.0. The van der Waals surface area contributed by atoms with E-state index in [0.29, 0.717) is 0 Å². The third-order valence-electron chi connectivity index (χ3n) is 11.4. The van der Waals surface area contributed by atoms with Gasteiger partial charge >= 0.3 is 0 Å². The number of rotatable bonds is 5. The number of anilines is 3. The monoisotopic (exact) mass is 716 g/mol. The summed E-state index contributed by atoms with van der Waals surface area (Å²) in [5, 5.41) is 7.13. The van der Waals surface area contributed by atoms with Crippen molar-refractivity contribution in [3.05, 3.63) is 194 Å². The second-order valence-electron chi connectivity index (χ2n) is 14.5. The Labute approximate surface area is 322 Å².